The van der Waals surface area contributed by atoms with Gasteiger partial charge in [0.25, 0.3) is 11.5 Å². The highest BCUT2D eigenvalue weighted by molar-refractivity contribution is 6.01. The van der Waals surface area contributed by atoms with Crippen molar-refractivity contribution in [2.75, 3.05) is 44.5 Å². The Labute approximate surface area is 422 Å². The molecule has 0 radical (unpaired) electrons. The summed E-state index contributed by atoms with van der Waals surface area (Å²) in [6, 6.07) is 18.0. The van der Waals surface area contributed by atoms with Crippen LogP contribution in [0.3, 0.4) is 0 Å². The van der Waals surface area contributed by atoms with Crippen molar-refractivity contribution in [3.05, 3.63) is 111 Å². The number of methoxy groups -OCH3 is 1. The number of para-hydroxylation sites is 1. The van der Waals surface area contributed by atoms with Crippen LogP contribution in [0.4, 0.5) is 22.1 Å². The number of urea groups is 1. The lowest BCUT2D eigenvalue weighted by Gasteiger charge is -2.43. The Hall–Kier alpha value is -8.27. The number of benzene rings is 2. The number of hydrogen-bond donors (Lipinski definition) is 4. The Morgan fingerprint density at radius 1 is 0.959 bits per heavy atom. The molecule has 9 heterocycles. The molecule has 3 atom stereocenters. The van der Waals surface area contributed by atoms with E-state index in [4.69, 9.17) is 19.6 Å². The van der Waals surface area contributed by atoms with Crippen LogP contribution in [-0.4, -0.2) is 123 Å². The van der Waals surface area contributed by atoms with Crippen LogP contribution in [0.25, 0.3) is 33.6 Å². The van der Waals surface area contributed by atoms with E-state index in [2.05, 4.69) is 38.5 Å². The van der Waals surface area contributed by atoms with Gasteiger partial charge in [0.15, 0.2) is 11.5 Å². The second-order valence-corrected chi connectivity index (χ2v) is 20.6. The van der Waals surface area contributed by atoms with Crippen molar-refractivity contribution < 1.29 is 28.7 Å². The maximum atomic E-state index is 14.6. The second kappa shape index (κ2) is 16.9. The summed E-state index contributed by atoms with van der Waals surface area (Å²) in [4.78, 5) is 89.3. The average molecular weight is 1000 g/mol. The van der Waals surface area contributed by atoms with Gasteiger partial charge < -0.3 is 35.2 Å². The van der Waals surface area contributed by atoms with Crippen molar-refractivity contribution in [2.45, 2.75) is 93.6 Å². The summed E-state index contributed by atoms with van der Waals surface area (Å²) in [5.41, 5.74) is 4.51. The molecule has 4 fully saturated rings. The fourth-order valence-corrected chi connectivity index (χ4v) is 11.9. The largest absolute Gasteiger partial charge is 0.492 e. The lowest BCUT2D eigenvalue weighted by molar-refractivity contribution is -0.135. The van der Waals surface area contributed by atoms with Gasteiger partial charge in [0.05, 0.1) is 60.3 Å². The van der Waals surface area contributed by atoms with Crippen molar-refractivity contribution >= 4 is 57.8 Å². The zero-order chi connectivity index (χ0) is 50.8. The first kappa shape index (κ1) is 45.6. The molecule has 5 aromatic heterocycles. The fourth-order valence-electron chi connectivity index (χ4n) is 11.9. The predicted molar refractivity (Wildman–Crippen MR) is 270 cm³/mol. The van der Waals surface area contributed by atoms with Gasteiger partial charge in [-0.1, -0.05) is 24.3 Å². The molecule has 22 heteroatoms. The number of piperidine rings is 2. The molecule has 7 aromatic rings. The van der Waals surface area contributed by atoms with E-state index in [1.54, 1.807) is 54.7 Å². The molecule has 6 aliphatic rings. The number of fused-ring (bicyclic) bond motifs is 5. The van der Waals surface area contributed by atoms with E-state index in [0.717, 1.165) is 66.7 Å². The molecule has 13 rings (SSSR count). The normalized spacial score (nSPS) is 21.3. The van der Waals surface area contributed by atoms with Gasteiger partial charge in [-0.05, 0) is 74.8 Å². The number of carbonyl (C=O) groups is 4. The fraction of sp³-hybridized carbons (Fsp3) is 0.404. The van der Waals surface area contributed by atoms with E-state index >= 15 is 0 Å². The van der Waals surface area contributed by atoms with Crippen LogP contribution in [0.2, 0.25) is 0 Å². The first-order chi connectivity index (χ1) is 35.9. The minimum absolute atomic E-state index is 0.00130. The zero-order valence-electron chi connectivity index (χ0n) is 41.1. The van der Waals surface area contributed by atoms with Gasteiger partial charge in [0, 0.05) is 75.6 Å². The van der Waals surface area contributed by atoms with E-state index in [1.165, 1.54) is 15.3 Å². The number of anilines is 3. The van der Waals surface area contributed by atoms with Crippen LogP contribution in [0, 0.1) is 0 Å². The first-order valence-corrected chi connectivity index (χ1v) is 25.2. The summed E-state index contributed by atoms with van der Waals surface area (Å²) >= 11 is 0. The van der Waals surface area contributed by atoms with E-state index < -0.39 is 11.9 Å². The second-order valence-electron chi connectivity index (χ2n) is 20.6. The Bertz CT molecular complexity index is 3650. The standard InChI is InChI=1S/C52H54N14O8/c1-53-41-24-40(57-45-32(25-54-66(41)45)46(68)56-34-11-13-38(34)73-3)55-35-7-5-19-62(48(35)70)42-23-30-26-63(52(15-16-52)27-64(30)59-42)50(72)61-20-17-51(18-21-61)28-74-39-22-29(9-10-33(39)51)31-6-4-8-36-44(31)60(2)49(71)65(36)37-12-14-43(67)58-47(37)69/h4-10,19,22-25,34,37-38,53H,11-18,20-21,26-28H2,1-3H3,(H,55,57)(H,56,68)(H,58,67,69)/t34-,37?,38-/m1/s1. The van der Waals surface area contributed by atoms with Crippen LogP contribution in [-0.2, 0) is 39.9 Å². The molecule has 0 bridgehead atoms. The number of hydrogen-bond acceptors (Lipinski definition) is 13. The van der Waals surface area contributed by atoms with Crippen molar-refractivity contribution in [2.24, 2.45) is 7.05 Å². The molecule has 2 aliphatic carbocycles. The van der Waals surface area contributed by atoms with Crippen LogP contribution in [0.1, 0.15) is 79.0 Å². The number of imide groups is 1. The van der Waals surface area contributed by atoms with Gasteiger partial charge >= 0.3 is 11.7 Å². The number of pyridine rings is 1. The van der Waals surface area contributed by atoms with E-state index in [9.17, 15) is 28.8 Å². The summed E-state index contributed by atoms with van der Waals surface area (Å²) in [7, 11) is 5.07. The number of rotatable bonds is 9. The molecule has 4 aliphatic heterocycles. The first-order valence-electron chi connectivity index (χ1n) is 25.2. The highest BCUT2D eigenvalue weighted by atomic mass is 16.5. The van der Waals surface area contributed by atoms with Gasteiger partial charge in [-0.25, -0.2) is 14.6 Å². The third-order valence-electron chi connectivity index (χ3n) is 16.5. The van der Waals surface area contributed by atoms with Crippen molar-refractivity contribution in [1.29, 1.82) is 0 Å². The van der Waals surface area contributed by atoms with Gasteiger partial charge in [0.2, 0.25) is 11.8 Å². The molecule has 380 valence electrons. The summed E-state index contributed by atoms with van der Waals surface area (Å²) in [6.45, 7) is 2.50. The quantitative estimate of drug-likeness (QED) is 0.150. The Balaban J connectivity index is 0.701. The summed E-state index contributed by atoms with van der Waals surface area (Å²) in [5, 5.41) is 21.0. The lowest BCUT2D eigenvalue weighted by atomic mass is 9.74. The minimum atomic E-state index is -0.782. The average Bonchev–Trinajstić information content (AvgIpc) is 3.63. The number of carbonyl (C=O) groups excluding carboxylic acids is 4. The SMILES string of the molecule is CNc1cc(Nc2cccn(-c3cc4n(n3)CC3(CC3)N(C(=O)N3CCC5(CC3)COc3cc(-c6cccc7c6n(C)c(=O)n7C6CCC(=O)NC6=O)ccc35)C4)c2=O)nc2c(C(=O)N[C@@H]3CC[C@H]3OC)cnn12. The number of nitrogens with one attached hydrogen (secondary N) is 4. The number of likely N-dealkylation sites (tertiary alicyclic amines) is 1. The number of nitrogens with zero attached hydrogens (tertiary/aromatic N) is 10. The Morgan fingerprint density at radius 3 is 2.55 bits per heavy atom. The molecule has 2 aromatic carbocycles. The number of amides is 5. The number of aryl methyl sites for hydroxylation is 1. The smallest absolute Gasteiger partial charge is 0.329 e. The van der Waals surface area contributed by atoms with Crippen LogP contribution >= 0.6 is 0 Å². The third-order valence-corrected chi connectivity index (χ3v) is 16.5. The maximum absolute atomic E-state index is 14.6. The van der Waals surface area contributed by atoms with E-state index in [0.29, 0.717) is 72.5 Å². The number of aromatic nitrogens is 8. The molecule has 2 saturated heterocycles. The van der Waals surface area contributed by atoms with Crippen LogP contribution in [0.5, 0.6) is 5.75 Å². The van der Waals surface area contributed by atoms with E-state index in [-0.39, 0.29) is 70.7 Å². The third kappa shape index (κ3) is 7.12. The van der Waals surface area contributed by atoms with Gasteiger partial charge in [0.1, 0.15) is 34.7 Å². The van der Waals surface area contributed by atoms with E-state index in [1.807, 2.05) is 44.8 Å². The van der Waals surface area contributed by atoms with Crippen molar-refractivity contribution in [3.8, 4) is 22.7 Å². The molecule has 2 spiro atoms. The summed E-state index contributed by atoms with van der Waals surface area (Å²) in [6.07, 6.45) is 8.41. The number of ether oxygens (including phenoxy) is 2. The molecule has 74 heavy (non-hydrogen) atoms. The zero-order valence-corrected chi connectivity index (χ0v) is 41.1. The highest BCUT2D eigenvalue weighted by Gasteiger charge is 2.55. The summed E-state index contributed by atoms with van der Waals surface area (Å²) in [5.74, 6) is 0.988. The maximum Gasteiger partial charge on any atom is 0.329 e. The molecule has 22 nitrogen and oxygen atoms in total. The van der Waals surface area contributed by atoms with Crippen LogP contribution < -0.4 is 37.3 Å². The van der Waals surface area contributed by atoms with Gasteiger partial charge in [-0.3, -0.25) is 42.9 Å². The van der Waals surface area contributed by atoms with Crippen molar-refractivity contribution in [1.82, 2.24) is 58.5 Å². The molecular weight excluding hydrogens is 949 g/mol. The molecule has 2 saturated carbocycles. The Kier molecular flexibility index (Phi) is 10.4. The lowest BCUT2D eigenvalue weighted by Crippen LogP contribution is -2.56. The molecule has 1 unspecified atom stereocenters. The molecule has 5 amide bonds. The Morgan fingerprint density at radius 2 is 1.80 bits per heavy atom. The highest BCUT2D eigenvalue weighted by Crippen LogP contribution is 2.50. The number of imidazole rings is 1. The monoisotopic (exact) mass is 1000 g/mol. The topological polar surface area (TPSA) is 238 Å². The van der Waals surface area contributed by atoms with Gasteiger partial charge in [-0.2, -0.15) is 14.7 Å². The predicted octanol–water partition coefficient (Wildman–Crippen LogP) is 3.96. The minimum Gasteiger partial charge on any atom is -0.492 e. The van der Waals surface area contributed by atoms with Crippen molar-refractivity contribution in [3.63, 3.8) is 0 Å². The summed E-state index contributed by atoms with van der Waals surface area (Å²) < 4.78 is 19.9. The van der Waals surface area contributed by atoms with Crippen LogP contribution in [0.15, 0.2) is 82.6 Å². The molecule has 4 N–H and O–H groups in total. The molecular formula is C52H54N14O8. The van der Waals surface area contributed by atoms with Gasteiger partial charge in [-0.15, -0.1) is 0 Å².